The van der Waals surface area contributed by atoms with Crippen molar-refractivity contribution in [3.05, 3.63) is 60.3 Å². The van der Waals surface area contributed by atoms with Crippen LogP contribution in [0.15, 0.2) is 53.3 Å². The summed E-state index contributed by atoms with van der Waals surface area (Å²) in [5.41, 5.74) is 1.77. The number of carbonyl (C=O) groups excluding carboxylic acids is 1. The topological polar surface area (TPSA) is 122 Å². The number of aromatic nitrogens is 3. The van der Waals surface area contributed by atoms with Crippen molar-refractivity contribution in [2.24, 2.45) is 0 Å². The van der Waals surface area contributed by atoms with Crippen LogP contribution in [0.4, 0.5) is 5.95 Å². The van der Waals surface area contributed by atoms with Gasteiger partial charge in [-0.1, -0.05) is 30.3 Å². The highest BCUT2D eigenvalue weighted by atomic mass is 16.5. The molecule has 0 bridgehead atoms. The van der Waals surface area contributed by atoms with Gasteiger partial charge in [-0.3, -0.25) is 4.79 Å². The highest BCUT2D eigenvalue weighted by Crippen LogP contribution is 2.19. The maximum Gasteiger partial charge on any atom is 0.307 e. The quantitative estimate of drug-likeness (QED) is 0.543. The van der Waals surface area contributed by atoms with Gasteiger partial charge in [-0.05, 0) is 24.5 Å². The lowest BCUT2D eigenvalue weighted by Gasteiger charge is -2.23. The van der Waals surface area contributed by atoms with Gasteiger partial charge in [-0.25, -0.2) is 15.0 Å². The third-order valence-electron chi connectivity index (χ3n) is 4.86. The molecule has 3 aromatic rings. The van der Waals surface area contributed by atoms with Crippen molar-refractivity contribution in [1.29, 1.82) is 0 Å². The predicted molar refractivity (Wildman–Crippen MR) is 109 cm³/mol. The van der Waals surface area contributed by atoms with E-state index in [2.05, 4.69) is 25.6 Å². The number of oxazole rings is 1. The minimum Gasteiger partial charge on any atom is -0.440 e. The minimum atomic E-state index is -0.552. The van der Waals surface area contributed by atoms with Crippen molar-refractivity contribution in [2.45, 2.75) is 24.9 Å². The molecule has 1 aromatic carbocycles. The Hall–Kier alpha value is -3.30. The van der Waals surface area contributed by atoms with E-state index in [1.54, 1.807) is 12.3 Å². The molecule has 1 fully saturated rings. The maximum absolute atomic E-state index is 12.5. The Morgan fingerprint density at radius 1 is 1.13 bits per heavy atom. The number of nitrogens with one attached hydrogen (secondary N) is 2. The van der Waals surface area contributed by atoms with E-state index in [0.29, 0.717) is 17.3 Å². The Labute approximate surface area is 173 Å². The molecule has 0 spiro atoms. The van der Waals surface area contributed by atoms with Crippen LogP contribution >= 0.6 is 0 Å². The molecule has 0 radical (unpaired) electrons. The van der Waals surface area contributed by atoms with E-state index in [1.165, 1.54) is 6.26 Å². The smallest absolute Gasteiger partial charge is 0.307 e. The summed E-state index contributed by atoms with van der Waals surface area (Å²) in [4.78, 5) is 25.5. The van der Waals surface area contributed by atoms with Gasteiger partial charge in [-0.2, -0.15) is 0 Å². The van der Waals surface area contributed by atoms with E-state index in [4.69, 9.17) is 9.15 Å². The number of benzene rings is 1. The molecule has 4 rings (SSSR count). The van der Waals surface area contributed by atoms with E-state index in [0.717, 1.165) is 31.6 Å². The molecule has 3 heterocycles. The molecule has 156 valence electrons. The van der Waals surface area contributed by atoms with Gasteiger partial charge in [0.2, 0.25) is 5.95 Å². The van der Waals surface area contributed by atoms with Crippen LogP contribution in [-0.4, -0.2) is 51.8 Å². The summed E-state index contributed by atoms with van der Waals surface area (Å²) in [6.45, 7) is 1.20. The van der Waals surface area contributed by atoms with E-state index >= 15 is 0 Å². The summed E-state index contributed by atoms with van der Waals surface area (Å²) >= 11 is 0. The van der Waals surface area contributed by atoms with Gasteiger partial charge in [0.25, 0.3) is 5.89 Å². The average molecular weight is 409 g/mol. The summed E-state index contributed by atoms with van der Waals surface area (Å²) in [7, 11) is 0. The first-order chi connectivity index (χ1) is 14.7. The lowest BCUT2D eigenvalue weighted by atomic mass is 10.1. The molecule has 1 atom stereocenters. The highest BCUT2D eigenvalue weighted by molar-refractivity contribution is 5.90. The average Bonchev–Trinajstić information content (AvgIpc) is 3.29. The van der Waals surface area contributed by atoms with Gasteiger partial charge in [-0.15, -0.1) is 0 Å². The standard InChI is InChI=1S/C21H23N5O4/c27-12-17(14-4-2-1-3-5-14)24-19(28)20-25-18(13-30-20)16-6-9-22-21(26-16)23-15-7-10-29-11-8-15/h1-6,9,13,15,17,27H,7-8,10-12H2,(H,24,28)(H,22,23,26)/t17-/m1/s1. The van der Waals surface area contributed by atoms with Crippen LogP contribution in [0.1, 0.15) is 35.1 Å². The predicted octanol–water partition coefficient (Wildman–Crippen LogP) is 2.19. The second-order valence-electron chi connectivity index (χ2n) is 6.95. The zero-order chi connectivity index (χ0) is 20.8. The lowest BCUT2D eigenvalue weighted by molar-refractivity contribution is 0.0881. The van der Waals surface area contributed by atoms with Crippen LogP contribution in [0, 0.1) is 0 Å². The molecule has 1 aliphatic heterocycles. The largest absolute Gasteiger partial charge is 0.440 e. The number of amides is 1. The monoisotopic (exact) mass is 409 g/mol. The zero-order valence-corrected chi connectivity index (χ0v) is 16.3. The molecular weight excluding hydrogens is 386 g/mol. The lowest BCUT2D eigenvalue weighted by Crippen LogP contribution is -2.31. The van der Waals surface area contributed by atoms with E-state index in [9.17, 15) is 9.90 Å². The third kappa shape index (κ3) is 4.81. The van der Waals surface area contributed by atoms with E-state index in [-0.39, 0.29) is 18.5 Å². The number of carbonyl (C=O) groups is 1. The molecular formula is C21H23N5O4. The van der Waals surface area contributed by atoms with Gasteiger partial charge in [0.05, 0.1) is 18.3 Å². The third-order valence-corrected chi connectivity index (χ3v) is 4.86. The molecule has 9 heteroatoms. The van der Waals surface area contributed by atoms with Crippen LogP contribution < -0.4 is 10.6 Å². The van der Waals surface area contributed by atoms with Crippen LogP contribution in [0.3, 0.4) is 0 Å². The second kappa shape index (κ2) is 9.47. The Morgan fingerprint density at radius 3 is 2.70 bits per heavy atom. The van der Waals surface area contributed by atoms with Crippen molar-refractivity contribution in [1.82, 2.24) is 20.3 Å². The van der Waals surface area contributed by atoms with Crippen molar-refractivity contribution in [2.75, 3.05) is 25.1 Å². The molecule has 0 aliphatic carbocycles. The molecule has 9 nitrogen and oxygen atoms in total. The molecule has 1 saturated heterocycles. The first kappa shape index (κ1) is 20.0. The fourth-order valence-electron chi connectivity index (χ4n) is 3.23. The second-order valence-corrected chi connectivity index (χ2v) is 6.95. The highest BCUT2D eigenvalue weighted by Gasteiger charge is 2.20. The van der Waals surface area contributed by atoms with Crippen LogP contribution in [0.25, 0.3) is 11.4 Å². The fraction of sp³-hybridized carbons (Fsp3) is 0.333. The molecule has 1 amide bonds. The summed E-state index contributed by atoms with van der Waals surface area (Å²) < 4.78 is 10.7. The molecule has 2 aromatic heterocycles. The first-order valence-electron chi connectivity index (χ1n) is 9.83. The normalized spacial score (nSPS) is 15.5. The van der Waals surface area contributed by atoms with Gasteiger partial charge in [0.1, 0.15) is 12.0 Å². The van der Waals surface area contributed by atoms with Crippen LogP contribution in [0.2, 0.25) is 0 Å². The number of ether oxygens (including phenoxy) is 1. The van der Waals surface area contributed by atoms with Crippen LogP contribution in [0.5, 0.6) is 0 Å². The van der Waals surface area contributed by atoms with E-state index in [1.807, 2.05) is 30.3 Å². The van der Waals surface area contributed by atoms with Crippen molar-refractivity contribution >= 4 is 11.9 Å². The number of rotatable bonds is 7. The molecule has 0 saturated carbocycles. The van der Waals surface area contributed by atoms with Gasteiger partial charge in [0.15, 0.2) is 0 Å². The van der Waals surface area contributed by atoms with E-state index < -0.39 is 11.9 Å². The van der Waals surface area contributed by atoms with Crippen molar-refractivity contribution in [3.63, 3.8) is 0 Å². The Morgan fingerprint density at radius 2 is 1.93 bits per heavy atom. The number of hydrogen-bond donors (Lipinski definition) is 3. The van der Waals surface area contributed by atoms with Gasteiger partial charge >= 0.3 is 5.91 Å². The fourth-order valence-corrected chi connectivity index (χ4v) is 3.23. The number of hydrogen-bond acceptors (Lipinski definition) is 8. The van der Waals surface area contributed by atoms with Gasteiger partial charge < -0.3 is 24.9 Å². The minimum absolute atomic E-state index is 0.100. The SMILES string of the molecule is O=C(N[C@H](CO)c1ccccc1)c1nc(-c2ccnc(NC3CCOCC3)n2)co1. The molecule has 3 N–H and O–H groups in total. The van der Waals surface area contributed by atoms with Crippen molar-refractivity contribution in [3.8, 4) is 11.4 Å². The summed E-state index contributed by atoms with van der Waals surface area (Å²) in [5.74, 6) is -0.117. The Balaban J connectivity index is 1.44. The Bertz CT molecular complexity index is 972. The summed E-state index contributed by atoms with van der Waals surface area (Å²) in [5, 5.41) is 15.7. The number of aliphatic hydroxyl groups is 1. The molecule has 0 unspecified atom stereocenters. The zero-order valence-electron chi connectivity index (χ0n) is 16.3. The first-order valence-corrected chi connectivity index (χ1v) is 9.83. The number of nitrogens with zero attached hydrogens (tertiary/aromatic N) is 3. The maximum atomic E-state index is 12.5. The Kier molecular flexibility index (Phi) is 6.31. The summed E-state index contributed by atoms with van der Waals surface area (Å²) in [6.07, 6.45) is 4.81. The number of aliphatic hydroxyl groups excluding tert-OH is 1. The number of anilines is 1. The van der Waals surface area contributed by atoms with Crippen LogP contribution in [-0.2, 0) is 4.74 Å². The summed E-state index contributed by atoms with van der Waals surface area (Å²) in [6, 6.07) is 10.6. The van der Waals surface area contributed by atoms with Crippen molar-refractivity contribution < 1.29 is 19.1 Å². The molecule has 30 heavy (non-hydrogen) atoms. The molecule has 1 aliphatic rings. The van der Waals surface area contributed by atoms with Gasteiger partial charge in [0, 0.05) is 25.5 Å².